The monoisotopic (exact) mass is 233 g/mol. The van der Waals surface area contributed by atoms with Crippen molar-refractivity contribution in [3.8, 4) is 0 Å². The van der Waals surface area contributed by atoms with E-state index >= 15 is 0 Å². The van der Waals surface area contributed by atoms with Crippen molar-refractivity contribution in [3.63, 3.8) is 0 Å². The lowest BCUT2D eigenvalue weighted by Gasteiger charge is -2.07. The summed E-state index contributed by atoms with van der Waals surface area (Å²) in [7, 11) is 0. The molecule has 0 amide bonds. The highest BCUT2D eigenvalue weighted by Crippen LogP contribution is 2.15. The summed E-state index contributed by atoms with van der Waals surface area (Å²) < 4.78 is 2.08. The van der Waals surface area contributed by atoms with Gasteiger partial charge >= 0.3 is 0 Å². The van der Waals surface area contributed by atoms with Gasteiger partial charge in [-0.3, -0.25) is 0 Å². The summed E-state index contributed by atoms with van der Waals surface area (Å²) >= 11 is 0. The fourth-order valence-electron chi connectivity index (χ4n) is 1.99. The molecule has 0 aliphatic heterocycles. The van der Waals surface area contributed by atoms with E-state index in [1.807, 2.05) is 24.3 Å². The first-order valence-electron chi connectivity index (χ1n) is 6.12. The summed E-state index contributed by atoms with van der Waals surface area (Å²) in [5.41, 5.74) is 2.09. The smallest absolute Gasteiger partial charge is 0.123 e. The molecule has 1 aromatic heterocycles. The zero-order chi connectivity index (χ0) is 12.1. The summed E-state index contributed by atoms with van der Waals surface area (Å²) in [6.07, 6.45) is 1.11. The van der Waals surface area contributed by atoms with Crippen molar-refractivity contribution in [2.45, 2.75) is 26.4 Å². The van der Waals surface area contributed by atoms with Crippen molar-refractivity contribution < 1.29 is 5.11 Å². The number of aliphatic hydroxyl groups excluding tert-OH is 1. The van der Waals surface area contributed by atoms with E-state index in [1.165, 1.54) is 0 Å². The molecule has 0 unspecified atom stereocenters. The van der Waals surface area contributed by atoms with Gasteiger partial charge in [-0.15, -0.1) is 0 Å². The first kappa shape index (κ1) is 12.1. The van der Waals surface area contributed by atoms with Gasteiger partial charge in [-0.25, -0.2) is 4.98 Å². The number of aliphatic hydroxyl groups is 1. The van der Waals surface area contributed by atoms with Crippen LogP contribution in [0.3, 0.4) is 0 Å². The maximum Gasteiger partial charge on any atom is 0.123 e. The minimum absolute atomic E-state index is 0.140. The van der Waals surface area contributed by atoms with Gasteiger partial charge in [-0.1, -0.05) is 19.1 Å². The Bertz CT molecular complexity index is 478. The number of aromatic nitrogens is 2. The molecule has 2 aromatic rings. The third-order valence-electron chi connectivity index (χ3n) is 2.77. The van der Waals surface area contributed by atoms with Gasteiger partial charge in [0.2, 0.25) is 0 Å². The van der Waals surface area contributed by atoms with Gasteiger partial charge in [0, 0.05) is 6.54 Å². The molecule has 0 aliphatic carbocycles. The zero-order valence-electron chi connectivity index (χ0n) is 10.2. The summed E-state index contributed by atoms with van der Waals surface area (Å²) in [5, 5.41) is 12.5. The molecule has 0 atom stereocenters. The highest BCUT2D eigenvalue weighted by molar-refractivity contribution is 5.75. The van der Waals surface area contributed by atoms with E-state index in [0.717, 1.165) is 36.4 Å². The summed E-state index contributed by atoms with van der Waals surface area (Å²) in [5.74, 6) is 0.994. The second kappa shape index (κ2) is 5.80. The molecule has 4 heteroatoms. The number of rotatable bonds is 6. The predicted molar refractivity (Wildman–Crippen MR) is 68.8 cm³/mol. The average molecular weight is 233 g/mol. The van der Waals surface area contributed by atoms with Crippen LogP contribution in [0.25, 0.3) is 11.0 Å². The van der Waals surface area contributed by atoms with Gasteiger partial charge in [0.05, 0.1) is 24.2 Å². The van der Waals surface area contributed by atoms with Crippen molar-refractivity contribution in [2.75, 3.05) is 13.2 Å². The minimum Gasteiger partial charge on any atom is -0.395 e. The van der Waals surface area contributed by atoms with Crippen LogP contribution in [-0.4, -0.2) is 27.8 Å². The molecular formula is C13H19N3O. The van der Waals surface area contributed by atoms with Crippen molar-refractivity contribution in [1.29, 1.82) is 0 Å². The predicted octanol–water partition coefficient (Wildman–Crippen LogP) is 1.53. The first-order chi connectivity index (χ1) is 8.36. The normalized spacial score (nSPS) is 11.2. The number of para-hydroxylation sites is 2. The van der Waals surface area contributed by atoms with Crippen LogP contribution in [0.1, 0.15) is 19.2 Å². The van der Waals surface area contributed by atoms with Gasteiger partial charge in [0.25, 0.3) is 0 Å². The Kier molecular flexibility index (Phi) is 4.12. The van der Waals surface area contributed by atoms with Crippen LogP contribution in [0, 0.1) is 0 Å². The number of imidazole rings is 1. The van der Waals surface area contributed by atoms with Crippen LogP contribution in [0.15, 0.2) is 24.3 Å². The maximum atomic E-state index is 9.12. The van der Waals surface area contributed by atoms with Gasteiger partial charge in [-0.05, 0) is 25.1 Å². The molecule has 0 spiro atoms. The summed E-state index contributed by atoms with van der Waals surface area (Å²) in [6, 6.07) is 8.04. The van der Waals surface area contributed by atoms with Crippen molar-refractivity contribution >= 4 is 11.0 Å². The molecule has 2 rings (SSSR count). The third kappa shape index (κ3) is 2.65. The number of benzene rings is 1. The molecule has 0 saturated carbocycles. The Morgan fingerprint density at radius 3 is 2.94 bits per heavy atom. The Morgan fingerprint density at radius 2 is 2.18 bits per heavy atom. The number of nitrogens with zero attached hydrogens (tertiary/aromatic N) is 2. The van der Waals surface area contributed by atoms with Gasteiger partial charge in [-0.2, -0.15) is 0 Å². The number of hydrogen-bond donors (Lipinski definition) is 2. The van der Waals surface area contributed by atoms with Crippen LogP contribution in [-0.2, 0) is 13.1 Å². The number of hydrogen-bond acceptors (Lipinski definition) is 3. The van der Waals surface area contributed by atoms with Gasteiger partial charge in [0.1, 0.15) is 5.82 Å². The molecule has 17 heavy (non-hydrogen) atoms. The van der Waals surface area contributed by atoms with Crippen molar-refractivity contribution in [1.82, 2.24) is 14.9 Å². The van der Waals surface area contributed by atoms with E-state index in [-0.39, 0.29) is 6.61 Å². The zero-order valence-corrected chi connectivity index (χ0v) is 10.2. The fourth-order valence-corrected chi connectivity index (χ4v) is 1.99. The molecule has 0 aliphatic rings. The average Bonchev–Trinajstić information content (AvgIpc) is 2.69. The van der Waals surface area contributed by atoms with E-state index < -0.39 is 0 Å². The largest absolute Gasteiger partial charge is 0.395 e. The number of fused-ring (bicyclic) bond motifs is 1. The van der Waals surface area contributed by atoms with Crippen LogP contribution < -0.4 is 5.32 Å². The topological polar surface area (TPSA) is 50.1 Å². The second-order valence-corrected chi connectivity index (χ2v) is 4.07. The maximum absolute atomic E-state index is 9.12. The third-order valence-corrected chi connectivity index (χ3v) is 2.77. The Labute approximate surface area is 101 Å². The van der Waals surface area contributed by atoms with Crippen LogP contribution >= 0.6 is 0 Å². The Morgan fingerprint density at radius 1 is 1.35 bits per heavy atom. The van der Waals surface area contributed by atoms with E-state index in [0.29, 0.717) is 6.54 Å². The molecule has 92 valence electrons. The second-order valence-electron chi connectivity index (χ2n) is 4.07. The van der Waals surface area contributed by atoms with E-state index in [4.69, 9.17) is 5.11 Å². The molecule has 0 saturated heterocycles. The van der Waals surface area contributed by atoms with E-state index in [2.05, 4.69) is 21.8 Å². The molecule has 0 radical (unpaired) electrons. The first-order valence-corrected chi connectivity index (χ1v) is 6.12. The summed E-state index contributed by atoms with van der Waals surface area (Å²) in [4.78, 5) is 4.59. The van der Waals surface area contributed by atoms with Gasteiger partial charge in [0.15, 0.2) is 0 Å². The Hall–Kier alpha value is -1.39. The Balaban J connectivity index is 2.29. The van der Waals surface area contributed by atoms with Crippen LogP contribution in [0.4, 0.5) is 0 Å². The van der Waals surface area contributed by atoms with Crippen LogP contribution in [0.5, 0.6) is 0 Å². The summed E-state index contributed by atoms with van der Waals surface area (Å²) in [6.45, 7) is 4.62. The molecule has 4 nitrogen and oxygen atoms in total. The van der Waals surface area contributed by atoms with E-state index in [1.54, 1.807) is 0 Å². The quantitative estimate of drug-likeness (QED) is 0.744. The number of nitrogens with one attached hydrogen (secondary N) is 1. The lowest BCUT2D eigenvalue weighted by atomic mass is 10.3. The standard InChI is InChI=1S/C13H19N3O/c1-2-7-14-10-13-15-11-5-3-4-6-12(11)16(13)8-9-17/h3-6,14,17H,2,7-10H2,1H3. The SMILES string of the molecule is CCCNCc1nc2ccccc2n1CCO. The molecule has 1 aromatic carbocycles. The van der Waals surface area contributed by atoms with Gasteiger partial charge < -0.3 is 15.0 Å². The highest BCUT2D eigenvalue weighted by atomic mass is 16.3. The van der Waals surface area contributed by atoms with Crippen molar-refractivity contribution in [2.24, 2.45) is 0 Å². The molecular weight excluding hydrogens is 214 g/mol. The van der Waals surface area contributed by atoms with Crippen LogP contribution in [0.2, 0.25) is 0 Å². The molecule has 1 heterocycles. The molecule has 2 N–H and O–H groups in total. The van der Waals surface area contributed by atoms with E-state index in [9.17, 15) is 0 Å². The minimum atomic E-state index is 0.140. The lowest BCUT2D eigenvalue weighted by Crippen LogP contribution is -2.18. The highest BCUT2D eigenvalue weighted by Gasteiger charge is 2.08. The van der Waals surface area contributed by atoms with Crippen molar-refractivity contribution in [3.05, 3.63) is 30.1 Å². The fraction of sp³-hybridized carbons (Fsp3) is 0.462. The molecule has 0 fully saturated rings. The molecule has 0 bridgehead atoms. The lowest BCUT2D eigenvalue weighted by molar-refractivity contribution is 0.275.